The van der Waals surface area contributed by atoms with Crippen LogP contribution in [0.1, 0.15) is 17.3 Å². The molecular weight excluding hydrogens is 232 g/mol. The SMILES string of the molecule is CC(Cl)C(=O)c1ccc(-c2ccccc2)cc1. The van der Waals surface area contributed by atoms with Crippen LogP contribution in [0.15, 0.2) is 54.6 Å². The molecular formula is C15H13ClO. The Morgan fingerprint density at radius 3 is 2.00 bits per heavy atom. The average molecular weight is 245 g/mol. The highest BCUT2D eigenvalue weighted by Gasteiger charge is 2.11. The molecule has 1 nitrogen and oxygen atoms in total. The lowest BCUT2D eigenvalue weighted by molar-refractivity contribution is 0.0992. The van der Waals surface area contributed by atoms with Crippen LogP contribution in [0.3, 0.4) is 0 Å². The van der Waals surface area contributed by atoms with Gasteiger partial charge in [-0.05, 0) is 18.1 Å². The van der Waals surface area contributed by atoms with Gasteiger partial charge in [-0.2, -0.15) is 0 Å². The topological polar surface area (TPSA) is 17.1 Å². The second kappa shape index (κ2) is 5.15. The molecule has 2 aromatic carbocycles. The fourth-order valence-corrected chi connectivity index (χ4v) is 1.81. The predicted octanol–water partition coefficient (Wildman–Crippen LogP) is 4.16. The van der Waals surface area contributed by atoms with Crippen LogP contribution in [0.5, 0.6) is 0 Å². The van der Waals surface area contributed by atoms with E-state index in [0.717, 1.165) is 11.1 Å². The highest BCUT2D eigenvalue weighted by Crippen LogP contribution is 2.20. The van der Waals surface area contributed by atoms with E-state index in [4.69, 9.17) is 11.6 Å². The van der Waals surface area contributed by atoms with Gasteiger partial charge in [0.15, 0.2) is 5.78 Å². The Labute approximate surface area is 106 Å². The third-order valence-corrected chi connectivity index (χ3v) is 2.84. The van der Waals surface area contributed by atoms with Crippen LogP contribution >= 0.6 is 11.6 Å². The fraction of sp³-hybridized carbons (Fsp3) is 0.133. The molecule has 86 valence electrons. The molecule has 0 heterocycles. The van der Waals surface area contributed by atoms with E-state index >= 15 is 0 Å². The maximum atomic E-state index is 11.7. The molecule has 0 bridgehead atoms. The van der Waals surface area contributed by atoms with Gasteiger partial charge in [-0.3, -0.25) is 4.79 Å². The van der Waals surface area contributed by atoms with Gasteiger partial charge in [-0.15, -0.1) is 11.6 Å². The summed E-state index contributed by atoms with van der Waals surface area (Å²) in [7, 11) is 0. The molecule has 1 unspecified atom stereocenters. The van der Waals surface area contributed by atoms with Crippen molar-refractivity contribution in [2.75, 3.05) is 0 Å². The van der Waals surface area contributed by atoms with Gasteiger partial charge in [0.25, 0.3) is 0 Å². The van der Waals surface area contributed by atoms with Crippen molar-refractivity contribution >= 4 is 17.4 Å². The first-order valence-corrected chi connectivity index (χ1v) is 5.96. The standard InChI is InChI=1S/C15H13ClO/c1-11(16)15(17)14-9-7-13(8-10-14)12-5-3-2-4-6-12/h2-11H,1H3. The largest absolute Gasteiger partial charge is 0.293 e. The Balaban J connectivity index is 2.28. The number of rotatable bonds is 3. The van der Waals surface area contributed by atoms with Gasteiger partial charge in [-0.1, -0.05) is 54.6 Å². The molecule has 0 aliphatic rings. The van der Waals surface area contributed by atoms with Crippen molar-refractivity contribution in [2.24, 2.45) is 0 Å². The molecule has 0 spiro atoms. The molecule has 0 aliphatic heterocycles. The second-order valence-corrected chi connectivity index (χ2v) is 4.58. The quantitative estimate of drug-likeness (QED) is 0.585. The summed E-state index contributed by atoms with van der Waals surface area (Å²) in [6.07, 6.45) is 0. The molecule has 2 heteroatoms. The minimum absolute atomic E-state index is 0.0359. The highest BCUT2D eigenvalue weighted by atomic mass is 35.5. The number of halogens is 1. The molecule has 1 atom stereocenters. The zero-order valence-electron chi connectivity index (χ0n) is 9.56. The van der Waals surface area contributed by atoms with Crippen molar-refractivity contribution in [1.82, 2.24) is 0 Å². The summed E-state index contributed by atoms with van der Waals surface area (Å²) in [5.41, 5.74) is 2.90. The Morgan fingerprint density at radius 2 is 1.47 bits per heavy atom. The van der Waals surface area contributed by atoms with Crippen LogP contribution in [0.25, 0.3) is 11.1 Å². The van der Waals surface area contributed by atoms with Crippen molar-refractivity contribution < 1.29 is 4.79 Å². The summed E-state index contributed by atoms with van der Waals surface area (Å²) in [5.74, 6) is -0.0359. The summed E-state index contributed by atoms with van der Waals surface area (Å²) in [5, 5.41) is -0.474. The molecule has 0 fully saturated rings. The molecule has 0 N–H and O–H groups in total. The van der Waals surface area contributed by atoms with Gasteiger partial charge in [0, 0.05) is 5.56 Å². The predicted molar refractivity (Wildman–Crippen MR) is 71.5 cm³/mol. The third kappa shape index (κ3) is 2.75. The average Bonchev–Trinajstić information content (AvgIpc) is 2.39. The van der Waals surface area contributed by atoms with Crippen LogP contribution < -0.4 is 0 Å². The Morgan fingerprint density at radius 1 is 0.941 bits per heavy atom. The monoisotopic (exact) mass is 244 g/mol. The van der Waals surface area contributed by atoms with E-state index in [9.17, 15) is 4.79 Å². The van der Waals surface area contributed by atoms with Crippen LogP contribution in [0.2, 0.25) is 0 Å². The highest BCUT2D eigenvalue weighted by molar-refractivity contribution is 6.33. The first-order chi connectivity index (χ1) is 8.18. The van der Waals surface area contributed by atoms with Crippen molar-refractivity contribution in [3.8, 4) is 11.1 Å². The van der Waals surface area contributed by atoms with Crippen molar-refractivity contribution in [3.63, 3.8) is 0 Å². The lowest BCUT2D eigenvalue weighted by Gasteiger charge is -2.05. The first kappa shape index (κ1) is 11.9. The van der Waals surface area contributed by atoms with E-state index in [2.05, 4.69) is 0 Å². The number of carbonyl (C=O) groups is 1. The first-order valence-electron chi connectivity index (χ1n) is 5.52. The van der Waals surface area contributed by atoms with E-state index < -0.39 is 5.38 Å². The molecule has 2 rings (SSSR count). The molecule has 0 saturated carbocycles. The minimum atomic E-state index is -0.474. The van der Waals surface area contributed by atoms with E-state index in [1.165, 1.54) is 0 Å². The second-order valence-electron chi connectivity index (χ2n) is 3.92. The molecule has 17 heavy (non-hydrogen) atoms. The number of carbonyl (C=O) groups excluding carboxylic acids is 1. The zero-order chi connectivity index (χ0) is 12.3. The number of benzene rings is 2. The molecule has 0 aromatic heterocycles. The van der Waals surface area contributed by atoms with E-state index in [1.807, 2.05) is 54.6 Å². The summed E-state index contributed by atoms with van der Waals surface area (Å²) >= 11 is 5.77. The lowest BCUT2D eigenvalue weighted by Crippen LogP contribution is -2.09. The summed E-state index contributed by atoms with van der Waals surface area (Å²) in [6.45, 7) is 1.69. The van der Waals surface area contributed by atoms with Gasteiger partial charge >= 0.3 is 0 Å². The zero-order valence-corrected chi connectivity index (χ0v) is 10.3. The van der Waals surface area contributed by atoms with E-state index in [0.29, 0.717) is 5.56 Å². The van der Waals surface area contributed by atoms with E-state index in [-0.39, 0.29) is 5.78 Å². The number of hydrogen-bond acceptors (Lipinski definition) is 1. The number of ketones is 1. The molecule has 0 saturated heterocycles. The lowest BCUT2D eigenvalue weighted by atomic mass is 10.0. The number of hydrogen-bond donors (Lipinski definition) is 0. The van der Waals surface area contributed by atoms with Crippen molar-refractivity contribution in [1.29, 1.82) is 0 Å². The van der Waals surface area contributed by atoms with Crippen LogP contribution in [0, 0.1) is 0 Å². The third-order valence-electron chi connectivity index (χ3n) is 2.64. The minimum Gasteiger partial charge on any atom is -0.293 e. The summed E-state index contributed by atoms with van der Waals surface area (Å²) in [4.78, 5) is 11.7. The van der Waals surface area contributed by atoms with Gasteiger partial charge in [0.2, 0.25) is 0 Å². The summed E-state index contributed by atoms with van der Waals surface area (Å²) in [6, 6.07) is 17.6. The van der Waals surface area contributed by atoms with Gasteiger partial charge in [0.1, 0.15) is 0 Å². The Hall–Kier alpha value is -1.60. The van der Waals surface area contributed by atoms with Gasteiger partial charge < -0.3 is 0 Å². The molecule has 2 aromatic rings. The van der Waals surface area contributed by atoms with Crippen LogP contribution in [-0.2, 0) is 0 Å². The Kier molecular flexibility index (Phi) is 3.60. The van der Waals surface area contributed by atoms with Crippen molar-refractivity contribution in [3.05, 3.63) is 60.2 Å². The van der Waals surface area contributed by atoms with Gasteiger partial charge in [-0.25, -0.2) is 0 Å². The smallest absolute Gasteiger partial charge is 0.180 e. The van der Waals surface area contributed by atoms with Gasteiger partial charge in [0.05, 0.1) is 5.38 Å². The molecule has 0 amide bonds. The fourth-order valence-electron chi connectivity index (χ4n) is 1.69. The molecule has 0 aliphatic carbocycles. The maximum absolute atomic E-state index is 11.7. The van der Waals surface area contributed by atoms with Crippen molar-refractivity contribution in [2.45, 2.75) is 12.3 Å². The van der Waals surface area contributed by atoms with Crippen LogP contribution in [-0.4, -0.2) is 11.2 Å². The maximum Gasteiger partial charge on any atom is 0.180 e. The Bertz CT molecular complexity index is 500. The number of Topliss-reactive ketones (excluding diaryl/α,β-unsaturated/α-hetero) is 1. The molecule has 0 radical (unpaired) electrons. The normalized spacial score (nSPS) is 12.1. The number of alkyl halides is 1. The van der Waals surface area contributed by atoms with E-state index in [1.54, 1.807) is 6.92 Å². The summed E-state index contributed by atoms with van der Waals surface area (Å²) < 4.78 is 0. The van der Waals surface area contributed by atoms with Crippen LogP contribution in [0.4, 0.5) is 0 Å².